The third-order valence-electron chi connectivity index (χ3n) is 2.39. The predicted molar refractivity (Wildman–Crippen MR) is 68.0 cm³/mol. The zero-order valence-electron chi connectivity index (χ0n) is 10.3. The maximum atomic E-state index is 11.9. The number of carbonyl (C=O) groups excluding carboxylic acids is 2. The summed E-state index contributed by atoms with van der Waals surface area (Å²) >= 11 is 5.74. The van der Waals surface area contributed by atoms with Gasteiger partial charge >= 0.3 is 5.97 Å². The molecule has 4 nitrogen and oxygen atoms in total. The van der Waals surface area contributed by atoms with Gasteiger partial charge in [-0.1, -0.05) is 12.1 Å². The number of ether oxygens (including phenoxy) is 1. The quantitative estimate of drug-likeness (QED) is 0.506. The smallest absolute Gasteiger partial charge is 0.338 e. The Morgan fingerprint density at radius 3 is 2.56 bits per heavy atom. The number of hydrogen-bond acceptors (Lipinski definition) is 4. The molecule has 0 heterocycles. The van der Waals surface area contributed by atoms with Crippen molar-refractivity contribution in [1.82, 2.24) is 0 Å². The molecular formula is C13H15ClO4. The fourth-order valence-electron chi connectivity index (χ4n) is 1.50. The lowest BCUT2D eigenvalue weighted by atomic mass is 9.99. The summed E-state index contributed by atoms with van der Waals surface area (Å²) in [5.74, 6) is -0.933. The van der Waals surface area contributed by atoms with E-state index in [0.717, 1.165) is 0 Å². The van der Waals surface area contributed by atoms with Crippen molar-refractivity contribution in [1.29, 1.82) is 0 Å². The lowest BCUT2D eigenvalue weighted by Gasteiger charge is -2.10. The Morgan fingerprint density at radius 1 is 1.39 bits per heavy atom. The fourth-order valence-corrected chi connectivity index (χ4v) is 1.61. The van der Waals surface area contributed by atoms with Crippen molar-refractivity contribution in [3.63, 3.8) is 0 Å². The highest BCUT2D eigenvalue weighted by atomic mass is 35.5. The second kappa shape index (κ2) is 6.52. The molecule has 1 rings (SSSR count). The molecule has 0 spiro atoms. The topological polar surface area (TPSA) is 63.6 Å². The van der Waals surface area contributed by atoms with Crippen molar-refractivity contribution in [2.24, 2.45) is 0 Å². The summed E-state index contributed by atoms with van der Waals surface area (Å²) in [4.78, 5) is 23.6. The molecule has 0 bridgehead atoms. The van der Waals surface area contributed by atoms with Crippen molar-refractivity contribution in [3.05, 3.63) is 34.9 Å². The summed E-state index contributed by atoms with van der Waals surface area (Å²) in [5.41, 5.74) is 0.894. The van der Waals surface area contributed by atoms with Gasteiger partial charge in [0, 0.05) is 5.56 Å². The fraction of sp³-hybridized carbons (Fsp3) is 0.385. The summed E-state index contributed by atoms with van der Waals surface area (Å²) in [5, 5.41) is 8.33. The zero-order valence-corrected chi connectivity index (χ0v) is 11.0. The van der Waals surface area contributed by atoms with E-state index in [4.69, 9.17) is 21.4 Å². The van der Waals surface area contributed by atoms with E-state index in [9.17, 15) is 9.59 Å². The Balaban J connectivity index is 3.24. The number of ketones is 1. The summed E-state index contributed by atoms with van der Waals surface area (Å²) in [6.07, 6.45) is 0. The highest BCUT2D eigenvalue weighted by Crippen LogP contribution is 2.17. The molecule has 0 aromatic heterocycles. The number of Topliss-reactive ketones (excluding diaryl/α,β-unsaturated/α-hetero) is 1. The van der Waals surface area contributed by atoms with E-state index in [2.05, 4.69) is 0 Å². The van der Waals surface area contributed by atoms with E-state index in [1.54, 1.807) is 19.9 Å². The molecule has 0 saturated carbocycles. The van der Waals surface area contributed by atoms with Crippen LogP contribution in [0.4, 0.5) is 0 Å². The van der Waals surface area contributed by atoms with Crippen LogP contribution in [0.1, 0.15) is 40.1 Å². The van der Waals surface area contributed by atoms with Gasteiger partial charge in [0.15, 0.2) is 5.78 Å². The van der Waals surface area contributed by atoms with Gasteiger partial charge in [-0.05, 0) is 25.5 Å². The minimum Gasteiger partial charge on any atom is -0.462 e. The average Bonchev–Trinajstić information content (AvgIpc) is 2.37. The lowest BCUT2D eigenvalue weighted by Crippen LogP contribution is -2.17. The van der Waals surface area contributed by atoms with Crippen molar-refractivity contribution in [2.75, 3.05) is 6.61 Å². The van der Waals surface area contributed by atoms with Crippen LogP contribution in [0.15, 0.2) is 18.2 Å². The minimum atomic E-state index is -0.724. The van der Waals surface area contributed by atoms with Gasteiger partial charge in [-0.3, -0.25) is 4.79 Å². The molecule has 0 aliphatic heterocycles. The van der Waals surface area contributed by atoms with Gasteiger partial charge in [0.2, 0.25) is 0 Å². The first-order chi connectivity index (χ1) is 8.51. The number of rotatable bonds is 5. The molecule has 0 fully saturated rings. The maximum Gasteiger partial charge on any atom is 0.338 e. The first-order valence-corrected chi connectivity index (χ1v) is 6.04. The van der Waals surface area contributed by atoms with Gasteiger partial charge in [0.25, 0.3) is 0 Å². The Morgan fingerprint density at radius 2 is 2.06 bits per heavy atom. The first-order valence-electron chi connectivity index (χ1n) is 5.60. The number of aliphatic hydroxyl groups excluding tert-OH is 1. The van der Waals surface area contributed by atoms with Crippen LogP contribution in [0.5, 0.6) is 0 Å². The van der Waals surface area contributed by atoms with E-state index >= 15 is 0 Å². The van der Waals surface area contributed by atoms with Crippen LogP contribution >= 0.6 is 11.6 Å². The van der Waals surface area contributed by atoms with Crippen molar-refractivity contribution in [2.45, 2.75) is 25.8 Å². The molecule has 1 aromatic rings. The molecule has 18 heavy (non-hydrogen) atoms. The number of halogens is 1. The molecule has 0 radical (unpaired) electrons. The number of aliphatic hydroxyl groups is 1. The number of esters is 1. The zero-order chi connectivity index (χ0) is 13.7. The Bertz CT molecular complexity index is 454. The largest absolute Gasteiger partial charge is 0.462 e. The molecule has 0 aliphatic carbocycles. The monoisotopic (exact) mass is 270 g/mol. The van der Waals surface area contributed by atoms with Crippen molar-refractivity contribution >= 4 is 23.4 Å². The Kier molecular flexibility index (Phi) is 5.31. The average molecular weight is 271 g/mol. The van der Waals surface area contributed by atoms with E-state index in [1.165, 1.54) is 12.1 Å². The molecule has 0 saturated heterocycles. The van der Waals surface area contributed by atoms with Crippen LogP contribution in [-0.4, -0.2) is 28.8 Å². The number of alkyl halides is 1. The van der Waals surface area contributed by atoms with E-state index < -0.39 is 11.3 Å². The summed E-state index contributed by atoms with van der Waals surface area (Å²) < 4.78 is 4.88. The predicted octanol–water partition coefficient (Wildman–Crippen LogP) is 2.17. The first kappa shape index (κ1) is 14.7. The third-order valence-corrected chi connectivity index (χ3v) is 2.59. The molecule has 98 valence electrons. The standard InChI is InChI=1S/C13H15ClO4/c1-3-18-13(17)11-6-9(7-15)4-5-10(11)12(16)8(2)14/h4-6,8,15H,3,7H2,1-2H3. The number of carbonyl (C=O) groups is 2. The van der Waals surface area contributed by atoms with Gasteiger partial charge < -0.3 is 9.84 Å². The van der Waals surface area contributed by atoms with Gasteiger partial charge in [0.1, 0.15) is 0 Å². The van der Waals surface area contributed by atoms with Crippen LogP contribution in [0.3, 0.4) is 0 Å². The molecule has 5 heteroatoms. The van der Waals surface area contributed by atoms with Crippen molar-refractivity contribution < 1.29 is 19.4 Å². The second-order valence-corrected chi connectivity index (χ2v) is 4.39. The normalized spacial score (nSPS) is 12.0. The van der Waals surface area contributed by atoms with Gasteiger partial charge in [-0.25, -0.2) is 4.79 Å². The minimum absolute atomic E-state index is 0.140. The Labute approximate surface area is 111 Å². The molecular weight excluding hydrogens is 256 g/mol. The lowest BCUT2D eigenvalue weighted by molar-refractivity contribution is 0.0523. The van der Waals surface area contributed by atoms with Crippen molar-refractivity contribution in [3.8, 4) is 0 Å². The second-order valence-electron chi connectivity index (χ2n) is 3.74. The SMILES string of the molecule is CCOC(=O)c1cc(CO)ccc1C(=O)C(C)Cl. The highest BCUT2D eigenvalue weighted by molar-refractivity contribution is 6.34. The molecule has 1 aromatic carbocycles. The highest BCUT2D eigenvalue weighted by Gasteiger charge is 2.21. The maximum absolute atomic E-state index is 11.9. The van der Waals surface area contributed by atoms with E-state index in [-0.39, 0.29) is 30.1 Å². The van der Waals surface area contributed by atoms with E-state index in [1.807, 2.05) is 0 Å². The summed E-state index contributed by atoms with van der Waals surface area (Å²) in [6, 6.07) is 4.51. The summed E-state index contributed by atoms with van der Waals surface area (Å²) in [7, 11) is 0. The third kappa shape index (κ3) is 3.31. The van der Waals surface area contributed by atoms with Gasteiger partial charge in [-0.2, -0.15) is 0 Å². The van der Waals surface area contributed by atoms with Crippen LogP contribution in [-0.2, 0) is 11.3 Å². The summed E-state index contributed by atoms with van der Waals surface area (Å²) in [6.45, 7) is 3.22. The van der Waals surface area contributed by atoms with Crippen LogP contribution < -0.4 is 0 Å². The molecule has 1 unspecified atom stereocenters. The van der Waals surface area contributed by atoms with Gasteiger partial charge in [0.05, 0.1) is 24.2 Å². The van der Waals surface area contributed by atoms with Crippen LogP contribution in [0, 0.1) is 0 Å². The molecule has 0 aliphatic rings. The van der Waals surface area contributed by atoms with E-state index in [0.29, 0.717) is 5.56 Å². The number of benzene rings is 1. The molecule has 1 N–H and O–H groups in total. The molecule has 0 amide bonds. The Hall–Kier alpha value is -1.39. The van der Waals surface area contributed by atoms with Crippen LogP contribution in [0.2, 0.25) is 0 Å². The molecule has 1 atom stereocenters. The van der Waals surface area contributed by atoms with Crippen LogP contribution in [0.25, 0.3) is 0 Å². The van der Waals surface area contributed by atoms with Gasteiger partial charge in [-0.15, -0.1) is 11.6 Å². The number of hydrogen-bond donors (Lipinski definition) is 1.